The Bertz CT molecular complexity index is 1330. The molecular formula is C33H47ClN4O5. The molecule has 0 aliphatic heterocycles. The number of hydrogen-bond acceptors (Lipinski definition) is 6. The van der Waals surface area contributed by atoms with E-state index in [4.69, 9.17) is 27.0 Å². The van der Waals surface area contributed by atoms with Crippen molar-refractivity contribution in [1.82, 2.24) is 14.7 Å². The molecule has 0 radical (unpaired) electrons. The van der Waals surface area contributed by atoms with E-state index in [2.05, 4.69) is 10.3 Å². The summed E-state index contributed by atoms with van der Waals surface area (Å²) >= 11 is 6.53. The number of benzene rings is 2. The van der Waals surface area contributed by atoms with Gasteiger partial charge in [0.2, 0.25) is 5.91 Å². The van der Waals surface area contributed by atoms with Gasteiger partial charge >= 0.3 is 0 Å². The maximum atomic E-state index is 13.3. The number of nitrogens with one attached hydrogen (secondary N) is 2. The van der Waals surface area contributed by atoms with Crippen LogP contribution in [0.5, 0.6) is 5.75 Å². The minimum atomic E-state index is -0.976. The first kappa shape index (κ1) is 34.4. The van der Waals surface area contributed by atoms with Gasteiger partial charge in [-0.3, -0.25) is 14.0 Å². The topological polar surface area (TPSA) is 130 Å². The zero-order valence-corrected chi connectivity index (χ0v) is 26.7. The van der Waals surface area contributed by atoms with Crippen molar-refractivity contribution >= 4 is 34.5 Å². The fourth-order valence-electron chi connectivity index (χ4n) is 5.06. The number of unbranched alkanes of at least 4 members (excludes halogenated alkanes) is 1. The van der Waals surface area contributed by atoms with E-state index >= 15 is 0 Å². The lowest BCUT2D eigenvalue weighted by atomic mass is 9.83. The summed E-state index contributed by atoms with van der Waals surface area (Å²) in [5.74, 6) is -0.0432. The van der Waals surface area contributed by atoms with Crippen molar-refractivity contribution in [3.05, 3.63) is 65.9 Å². The molecule has 0 spiro atoms. The molecule has 10 heteroatoms. The Morgan fingerprint density at radius 3 is 2.49 bits per heavy atom. The third-order valence-electron chi connectivity index (χ3n) is 8.05. The number of aromatic nitrogens is 1. The summed E-state index contributed by atoms with van der Waals surface area (Å²) in [6.45, 7) is 9.14. The van der Waals surface area contributed by atoms with Gasteiger partial charge in [0.1, 0.15) is 5.75 Å². The first-order chi connectivity index (χ1) is 20.5. The summed E-state index contributed by atoms with van der Waals surface area (Å²) in [4.78, 5) is 29.7. The van der Waals surface area contributed by atoms with E-state index in [1.807, 2.05) is 64.2 Å². The molecule has 3 atom stereocenters. The molecule has 0 saturated carbocycles. The molecule has 0 unspecified atom stereocenters. The van der Waals surface area contributed by atoms with Crippen LogP contribution in [0, 0.1) is 11.8 Å². The average Bonchev–Trinajstić information content (AvgIpc) is 3.44. The van der Waals surface area contributed by atoms with Crippen LogP contribution < -0.4 is 15.8 Å². The Morgan fingerprint density at radius 1 is 1.09 bits per heavy atom. The molecule has 0 fully saturated rings. The molecule has 43 heavy (non-hydrogen) atoms. The van der Waals surface area contributed by atoms with Crippen molar-refractivity contribution in [2.75, 3.05) is 33.4 Å². The van der Waals surface area contributed by atoms with Crippen LogP contribution in [0.2, 0.25) is 0 Å². The highest BCUT2D eigenvalue weighted by atomic mass is 35.5. The number of aromatic amines is 1. The molecule has 1 heterocycles. The summed E-state index contributed by atoms with van der Waals surface area (Å²) in [7, 11) is 1.66. The average molecular weight is 615 g/mol. The number of aliphatic hydroxyl groups excluding tert-OH is 1. The van der Waals surface area contributed by atoms with Gasteiger partial charge in [0, 0.05) is 61.7 Å². The third-order valence-corrected chi connectivity index (χ3v) is 8.34. The first-order valence-corrected chi connectivity index (χ1v) is 15.3. The number of carbonyl (C=O) groups is 2. The lowest BCUT2D eigenvalue weighted by Crippen LogP contribution is -2.48. The van der Waals surface area contributed by atoms with E-state index < -0.39 is 17.6 Å². The monoisotopic (exact) mass is 614 g/mol. The van der Waals surface area contributed by atoms with Gasteiger partial charge < -0.3 is 30.6 Å². The molecular weight excluding hydrogens is 568 g/mol. The fraction of sp³-hybridized carbons (Fsp3) is 0.515. The second-order valence-electron chi connectivity index (χ2n) is 11.9. The van der Waals surface area contributed by atoms with Crippen LogP contribution in [0.1, 0.15) is 62.9 Å². The SMILES string of the molecule is COCCCCOc1ccccc1C(=O)N(Cl)C[C@@H](C[C@H](N)[C@@H](O)CNC(=O)C(C)(C)c1c[nH]c2ccccc12)C(C)C. The second-order valence-corrected chi connectivity index (χ2v) is 12.4. The van der Waals surface area contributed by atoms with Crippen LogP contribution in [-0.2, 0) is 14.9 Å². The molecule has 0 bridgehead atoms. The van der Waals surface area contributed by atoms with Gasteiger partial charge in [-0.2, -0.15) is 0 Å². The van der Waals surface area contributed by atoms with Gasteiger partial charge in [-0.25, -0.2) is 0 Å². The van der Waals surface area contributed by atoms with Crippen LogP contribution in [-0.4, -0.2) is 71.9 Å². The number of ether oxygens (including phenoxy) is 2. The Kier molecular flexibility index (Phi) is 12.9. The van der Waals surface area contributed by atoms with E-state index in [-0.39, 0.29) is 36.7 Å². The van der Waals surface area contributed by atoms with Crippen LogP contribution in [0.25, 0.3) is 10.9 Å². The molecule has 3 aromatic rings. The predicted molar refractivity (Wildman–Crippen MR) is 171 cm³/mol. The summed E-state index contributed by atoms with van der Waals surface area (Å²) in [6.07, 6.45) is 2.95. The number of rotatable bonds is 17. The van der Waals surface area contributed by atoms with Gasteiger partial charge in [-0.1, -0.05) is 44.2 Å². The van der Waals surface area contributed by atoms with Crippen molar-refractivity contribution in [2.45, 2.75) is 64.5 Å². The number of halogens is 1. The smallest absolute Gasteiger partial charge is 0.271 e. The van der Waals surface area contributed by atoms with Crippen molar-refractivity contribution in [2.24, 2.45) is 17.6 Å². The highest BCUT2D eigenvalue weighted by Gasteiger charge is 2.33. The molecule has 0 aliphatic rings. The van der Waals surface area contributed by atoms with Crippen molar-refractivity contribution < 1.29 is 24.2 Å². The quantitative estimate of drug-likeness (QED) is 0.125. The molecule has 2 amide bonds. The number of carbonyl (C=O) groups excluding carboxylic acids is 2. The molecule has 1 aromatic heterocycles. The molecule has 2 aromatic carbocycles. The van der Waals surface area contributed by atoms with Gasteiger partial charge in [0.05, 0.1) is 23.7 Å². The fourth-order valence-corrected chi connectivity index (χ4v) is 5.33. The summed E-state index contributed by atoms with van der Waals surface area (Å²) in [5, 5.41) is 14.7. The van der Waals surface area contributed by atoms with Crippen LogP contribution in [0.15, 0.2) is 54.7 Å². The Morgan fingerprint density at radius 2 is 1.77 bits per heavy atom. The highest BCUT2D eigenvalue weighted by Crippen LogP contribution is 2.31. The van der Waals surface area contributed by atoms with Crippen molar-refractivity contribution in [3.8, 4) is 5.75 Å². The number of hydrogen-bond donors (Lipinski definition) is 4. The molecule has 236 valence electrons. The minimum Gasteiger partial charge on any atom is -0.493 e. The van der Waals surface area contributed by atoms with Crippen LogP contribution >= 0.6 is 11.8 Å². The van der Waals surface area contributed by atoms with Gasteiger partial charge in [0.15, 0.2) is 0 Å². The summed E-state index contributed by atoms with van der Waals surface area (Å²) < 4.78 is 12.1. The van der Waals surface area contributed by atoms with Gasteiger partial charge in [0.25, 0.3) is 5.91 Å². The maximum Gasteiger partial charge on any atom is 0.271 e. The van der Waals surface area contributed by atoms with E-state index in [9.17, 15) is 14.7 Å². The maximum absolute atomic E-state index is 13.3. The number of aliphatic hydroxyl groups is 1. The van der Waals surface area contributed by atoms with E-state index in [1.165, 1.54) is 4.42 Å². The number of para-hydroxylation sites is 2. The van der Waals surface area contributed by atoms with Crippen LogP contribution in [0.4, 0.5) is 0 Å². The zero-order valence-electron chi connectivity index (χ0n) is 25.9. The standard InChI is InChI=1S/C33H47ClN4O5/c1-22(2)23(21-38(34)31(40)25-13-7-9-15-30(25)43-17-11-10-16-42-5)18-27(35)29(39)20-37-32(41)33(3,4)26-19-36-28-14-8-6-12-24(26)28/h6-9,12-15,19,22-23,27,29,36,39H,10-11,16-18,20-21,35H2,1-5H3,(H,37,41)/t23-,27+,29+/m1/s1. The highest BCUT2D eigenvalue weighted by molar-refractivity contribution is 6.24. The lowest BCUT2D eigenvalue weighted by Gasteiger charge is -2.30. The zero-order chi connectivity index (χ0) is 31.6. The van der Waals surface area contributed by atoms with Crippen LogP contribution in [0.3, 0.4) is 0 Å². The number of methoxy groups -OCH3 is 1. The molecule has 0 aliphatic carbocycles. The number of H-pyrrole nitrogens is 1. The first-order valence-electron chi connectivity index (χ1n) is 14.9. The Balaban J connectivity index is 1.56. The third kappa shape index (κ3) is 9.19. The van der Waals surface area contributed by atoms with Crippen molar-refractivity contribution in [1.29, 1.82) is 0 Å². The Hall–Kier alpha value is -3.11. The van der Waals surface area contributed by atoms with E-state index in [1.54, 1.807) is 25.3 Å². The predicted octanol–water partition coefficient (Wildman–Crippen LogP) is 5.01. The lowest BCUT2D eigenvalue weighted by molar-refractivity contribution is -0.126. The number of nitrogens with zero attached hydrogens (tertiary/aromatic N) is 1. The van der Waals surface area contributed by atoms with Crippen molar-refractivity contribution in [3.63, 3.8) is 0 Å². The summed E-state index contributed by atoms with van der Waals surface area (Å²) in [6, 6.07) is 14.2. The number of nitrogens with two attached hydrogens (primary N) is 1. The van der Waals surface area contributed by atoms with E-state index in [0.717, 1.165) is 29.3 Å². The largest absolute Gasteiger partial charge is 0.493 e. The molecule has 5 N–H and O–H groups in total. The second kappa shape index (κ2) is 16.1. The minimum absolute atomic E-state index is 0.00914. The molecule has 9 nitrogen and oxygen atoms in total. The molecule has 0 saturated heterocycles. The molecule has 3 rings (SSSR count). The number of fused-ring (bicyclic) bond motifs is 1. The van der Waals surface area contributed by atoms with Gasteiger partial charge in [-0.15, -0.1) is 0 Å². The summed E-state index contributed by atoms with van der Waals surface area (Å²) in [5.41, 5.74) is 7.81. The van der Waals surface area contributed by atoms with E-state index in [0.29, 0.717) is 30.9 Å². The Labute approximate surface area is 260 Å². The van der Waals surface area contributed by atoms with Gasteiger partial charge in [-0.05, 0) is 68.7 Å². The normalized spacial score (nSPS) is 14.0. The number of amides is 2.